The lowest BCUT2D eigenvalue weighted by Gasteiger charge is -2.43. The van der Waals surface area contributed by atoms with Gasteiger partial charge in [-0.15, -0.1) is 5.10 Å². The molecule has 1 aromatic rings. The second-order valence-electron chi connectivity index (χ2n) is 7.84. The van der Waals surface area contributed by atoms with E-state index in [9.17, 15) is 4.79 Å². The molecule has 0 bridgehead atoms. The predicted octanol–water partition coefficient (Wildman–Crippen LogP) is 0.953. The highest BCUT2D eigenvalue weighted by Crippen LogP contribution is 2.22. The Hall–Kier alpha value is -1.47. The Balaban J connectivity index is 2.07. The largest absolute Gasteiger partial charge is 0.396 e. The summed E-state index contributed by atoms with van der Waals surface area (Å²) in [6, 6.07) is -0.342. The molecule has 2 heterocycles. The zero-order chi connectivity index (χ0) is 17.9. The van der Waals surface area contributed by atoms with Crippen molar-refractivity contribution in [2.24, 2.45) is 5.92 Å². The van der Waals surface area contributed by atoms with Gasteiger partial charge in [0.15, 0.2) is 0 Å². The Morgan fingerprint density at radius 3 is 2.38 bits per heavy atom. The number of hydrogen-bond acceptors (Lipinski definition) is 5. The lowest BCUT2D eigenvalue weighted by atomic mass is 10.0. The molecule has 1 N–H and O–H groups in total. The summed E-state index contributed by atoms with van der Waals surface area (Å²) in [5, 5.41) is 17.2. The molecule has 7 heteroatoms. The first-order valence-electron chi connectivity index (χ1n) is 8.79. The van der Waals surface area contributed by atoms with Crippen molar-refractivity contribution in [3.63, 3.8) is 0 Å². The van der Waals surface area contributed by atoms with Crippen LogP contribution in [0.4, 0.5) is 0 Å². The van der Waals surface area contributed by atoms with Crippen LogP contribution < -0.4 is 0 Å². The van der Waals surface area contributed by atoms with E-state index in [1.807, 2.05) is 18.7 Å². The van der Waals surface area contributed by atoms with Crippen molar-refractivity contribution in [2.75, 3.05) is 32.8 Å². The zero-order valence-electron chi connectivity index (χ0n) is 15.6. The molecule has 1 aromatic heterocycles. The summed E-state index contributed by atoms with van der Waals surface area (Å²) in [4.78, 5) is 17.4. The maximum atomic E-state index is 13.0. The van der Waals surface area contributed by atoms with E-state index in [2.05, 4.69) is 36.0 Å². The molecule has 2 rings (SSSR count). The van der Waals surface area contributed by atoms with E-state index < -0.39 is 0 Å². The Morgan fingerprint density at radius 2 is 1.88 bits per heavy atom. The van der Waals surface area contributed by atoms with E-state index in [0.29, 0.717) is 12.1 Å². The minimum absolute atomic E-state index is 0.0355. The molecule has 1 aliphatic heterocycles. The maximum absolute atomic E-state index is 13.0. The Kier molecular flexibility index (Phi) is 5.98. The van der Waals surface area contributed by atoms with Gasteiger partial charge in [0, 0.05) is 50.9 Å². The summed E-state index contributed by atoms with van der Waals surface area (Å²) in [5.74, 6) is 0.237. The maximum Gasteiger partial charge on any atom is 0.247 e. The van der Waals surface area contributed by atoms with Gasteiger partial charge in [-0.25, -0.2) is 4.68 Å². The monoisotopic (exact) mass is 337 g/mol. The molecule has 0 aliphatic carbocycles. The SMILES string of the molecule is CC(C)[C@@H](C(=O)N1CCN(C(C)(C)C)CC1)n1cc(CCO)nn1. The van der Waals surface area contributed by atoms with Gasteiger partial charge in [0.25, 0.3) is 0 Å². The van der Waals surface area contributed by atoms with E-state index >= 15 is 0 Å². The zero-order valence-corrected chi connectivity index (χ0v) is 15.6. The van der Waals surface area contributed by atoms with Gasteiger partial charge in [-0.2, -0.15) is 0 Å². The van der Waals surface area contributed by atoms with E-state index in [1.54, 1.807) is 10.9 Å². The fraction of sp³-hybridized carbons (Fsp3) is 0.824. The van der Waals surface area contributed by atoms with Crippen LogP contribution in [0, 0.1) is 5.92 Å². The average molecular weight is 337 g/mol. The van der Waals surface area contributed by atoms with Gasteiger partial charge in [-0.1, -0.05) is 19.1 Å². The number of aliphatic hydroxyl groups is 1. The predicted molar refractivity (Wildman–Crippen MR) is 92.6 cm³/mol. The summed E-state index contributed by atoms with van der Waals surface area (Å²) in [6.45, 7) is 14.0. The number of carbonyl (C=O) groups excluding carboxylic acids is 1. The lowest BCUT2D eigenvalue weighted by molar-refractivity contribution is -0.139. The minimum Gasteiger partial charge on any atom is -0.396 e. The van der Waals surface area contributed by atoms with Crippen LogP contribution in [0.3, 0.4) is 0 Å². The minimum atomic E-state index is -0.342. The van der Waals surface area contributed by atoms with Crippen molar-refractivity contribution < 1.29 is 9.90 Å². The van der Waals surface area contributed by atoms with Crippen LogP contribution in [-0.4, -0.2) is 74.1 Å². The van der Waals surface area contributed by atoms with Crippen molar-refractivity contribution in [2.45, 2.75) is 52.6 Å². The Bertz CT molecular complexity index is 541. The lowest BCUT2D eigenvalue weighted by Crippen LogP contribution is -2.56. The summed E-state index contributed by atoms with van der Waals surface area (Å²) in [5.41, 5.74) is 0.853. The first-order valence-corrected chi connectivity index (χ1v) is 8.79. The first kappa shape index (κ1) is 18.9. The van der Waals surface area contributed by atoms with Crippen molar-refractivity contribution in [3.05, 3.63) is 11.9 Å². The molecule has 136 valence electrons. The smallest absolute Gasteiger partial charge is 0.247 e. The molecule has 0 spiro atoms. The Labute approximate surface area is 144 Å². The normalized spacial score (nSPS) is 18.2. The summed E-state index contributed by atoms with van der Waals surface area (Å²) in [7, 11) is 0. The second-order valence-corrected chi connectivity index (χ2v) is 7.84. The highest BCUT2D eigenvalue weighted by Gasteiger charge is 2.33. The molecule has 1 saturated heterocycles. The molecular formula is C17H31N5O2. The van der Waals surface area contributed by atoms with E-state index in [-0.39, 0.29) is 30.0 Å². The third-order valence-electron chi connectivity index (χ3n) is 4.64. The molecule has 1 amide bonds. The standard InChI is InChI=1S/C17H31N5O2/c1-13(2)15(22-12-14(6-11-23)18-19-22)16(24)20-7-9-21(10-8-20)17(3,4)5/h12-13,15,23H,6-11H2,1-5H3/t15-/m0/s1. The molecule has 7 nitrogen and oxygen atoms in total. The third-order valence-corrected chi connectivity index (χ3v) is 4.64. The van der Waals surface area contributed by atoms with Crippen LogP contribution in [0.25, 0.3) is 0 Å². The second kappa shape index (κ2) is 7.61. The van der Waals surface area contributed by atoms with Crippen LogP contribution in [0.2, 0.25) is 0 Å². The number of nitrogens with zero attached hydrogens (tertiary/aromatic N) is 5. The first-order chi connectivity index (χ1) is 11.2. The number of hydrogen-bond donors (Lipinski definition) is 1. The van der Waals surface area contributed by atoms with Crippen molar-refractivity contribution in [1.29, 1.82) is 0 Å². The van der Waals surface area contributed by atoms with Crippen molar-refractivity contribution >= 4 is 5.91 Å². The fourth-order valence-corrected chi connectivity index (χ4v) is 3.17. The molecule has 0 aromatic carbocycles. The molecule has 0 radical (unpaired) electrons. The highest BCUT2D eigenvalue weighted by molar-refractivity contribution is 5.80. The molecule has 1 aliphatic rings. The molecule has 0 unspecified atom stereocenters. The van der Waals surface area contributed by atoms with E-state index in [1.165, 1.54) is 0 Å². The van der Waals surface area contributed by atoms with Crippen LogP contribution in [0.1, 0.15) is 46.4 Å². The number of rotatable bonds is 5. The molecular weight excluding hydrogens is 306 g/mol. The van der Waals surface area contributed by atoms with E-state index in [0.717, 1.165) is 26.2 Å². The van der Waals surface area contributed by atoms with Gasteiger partial charge < -0.3 is 10.0 Å². The number of aromatic nitrogens is 3. The van der Waals surface area contributed by atoms with Gasteiger partial charge in [0.2, 0.25) is 5.91 Å². The number of amides is 1. The summed E-state index contributed by atoms with van der Waals surface area (Å²) >= 11 is 0. The van der Waals surface area contributed by atoms with E-state index in [4.69, 9.17) is 5.11 Å². The third kappa shape index (κ3) is 4.33. The van der Waals surface area contributed by atoms with Crippen molar-refractivity contribution in [3.8, 4) is 0 Å². The van der Waals surface area contributed by atoms with Gasteiger partial charge in [0.1, 0.15) is 6.04 Å². The van der Waals surface area contributed by atoms with Gasteiger partial charge in [-0.3, -0.25) is 9.69 Å². The quantitative estimate of drug-likeness (QED) is 0.866. The molecule has 1 atom stereocenters. The topological polar surface area (TPSA) is 74.5 Å². The summed E-state index contributed by atoms with van der Waals surface area (Å²) in [6.07, 6.45) is 2.24. The Morgan fingerprint density at radius 1 is 1.25 bits per heavy atom. The van der Waals surface area contributed by atoms with Gasteiger partial charge in [0.05, 0.1) is 5.69 Å². The average Bonchev–Trinajstić information content (AvgIpc) is 2.95. The molecule has 1 fully saturated rings. The van der Waals surface area contributed by atoms with Crippen LogP contribution >= 0.6 is 0 Å². The van der Waals surface area contributed by atoms with Crippen LogP contribution in [-0.2, 0) is 11.2 Å². The summed E-state index contributed by atoms with van der Waals surface area (Å²) < 4.78 is 1.66. The van der Waals surface area contributed by atoms with Crippen molar-refractivity contribution in [1.82, 2.24) is 24.8 Å². The molecule has 0 saturated carbocycles. The molecule has 24 heavy (non-hydrogen) atoms. The number of piperazine rings is 1. The van der Waals surface area contributed by atoms with Crippen LogP contribution in [0.5, 0.6) is 0 Å². The number of carbonyl (C=O) groups is 1. The van der Waals surface area contributed by atoms with Crippen LogP contribution in [0.15, 0.2) is 6.20 Å². The fourth-order valence-electron chi connectivity index (χ4n) is 3.17. The van der Waals surface area contributed by atoms with Gasteiger partial charge >= 0.3 is 0 Å². The van der Waals surface area contributed by atoms with Gasteiger partial charge in [-0.05, 0) is 26.7 Å². The highest BCUT2D eigenvalue weighted by atomic mass is 16.3. The number of aliphatic hydroxyl groups excluding tert-OH is 1.